The van der Waals surface area contributed by atoms with Gasteiger partial charge in [0.05, 0.1) is 0 Å². The summed E-state index contributed by atoms with van der Waals surface area (Å²) in [7, 11) is 0. The van der Waals surface area contributed by atoms with Crippen LogP contribution in [0.4, 0.5) is 0 Å². The first kappa shape index (κ1) is 13.8. The molecule has 0 bridgehead atoms. The SMILES string of the molecule is CCC(C)C(C)NC(C)c1cc(O)cc(O)c1. The van der Waals surface area contributed by atoms with E-state index in [-0.39, 0.29) is 17.5 Å². The molecule has 0 saturated carbocycles. The molecule has 0 aliphatic rings. The first-order valence-electron chi connectivity index (χ1n) is 6.23. The Morgan fingerprint density at radius 2 is 1.59 bits per heavy atom. The summed E-state index contributed by atoms with van der Waals surface area (Å²) >= 11 is 0. The third-order valence-electron chi connectivity index (χ3n) is 3.44. The molecule has 0 fully saturated rings. The van der Waals surface area contributed by atoms with E-state index in [4.69, 9.17) is 0 Å². The summed E-state index contributed by atoms with van der Waals surface area (Å²) in [5, 5.41) is 22.4. The molecule has 3 N–H and O–H groups in total. The second-order valence-corrected chi connectivity index (χ2v) is 4.85. The van der Waals surface area contributed by atoms with Gasteiger partial charge < -0.3 is 15.5 Å². The number of rotatable bonds is 5. The van der Waals surface area contributed by atoms with Gasteiger partial charge >= 0.3 is 0 Å². The van der Waals surface area contributed by atoms with Gasteiger partial charge in [0, 0.05) is 18.2 Å². The number of phenolic OH excluding ortho intramolecular Hbond substituents is 2. The number of phenols is 2. The number of benzene rings is 1. The minimum atomic E-state index is 0.102. The van der Waals surface area contributed by atoms with Crippen LogP contribution in [0.25, 0.3) is 0 Å². The lowest BCUT2D eigenvalue weighted by Gasteiger charge is -2.25. The molecular weight excluding hydrogens is 214 g/mol. The minimum absolute atomic E-state index is 0.102. The van der Waals surface area contributed by atoms with E-state index in [1.807, 2.05) is 6.92 Å². The highest BCUT2D eigenvalue weighted by Gasteiger charge is 2.14. The van der Waals surface area contributed by atoms with Crippen molar-refractivity contribution in [2.24, 2.45) is 5.92 Å². The summed E-state index contributed by atoms with van der Waals surface area (Å²) in [5.41, 5.74) is 0.901. The van der Waals surface area contributed by atoms with Crippen LogP contribution in [0.5, 0.6) is 11.5 Å². The van der Waals surface area contributed by atoms with Crippen LogP contribution in [0, 0.1) is 5.92 Å². The lowest BCUT2D eigenvalue weighted by Crippen LogP contribution is -2.33. The molecule has 0 heterocycles. The fraction of sp³-hybridized carbons (Fsp3) is 0.571. The van der Waals surface area contributed by atoms with E-state index in [1.54, 1.807) is 12.1 Å². The fourth-order valence-electron chi connectivity index (χ4n) is 1.88. The topological polar surface area (TPSA) is 52.5 Å². The average molecular weight is 237 g/mol. The summed E-state index contributed by atoms with van der Waals surface area (Å²) in [6.07, 6.45) is 1.13. The van der Waals surface area contributed by atoms with Crippen LogP contribution < -0.4 is 5.32 Å². The molecule has 96 valence electrons. The molecule has 1 aromatic carbocycles. The molecule has 0 aliphatic carbocycles. The number of aromatic hydroxyl groups is 2. The van der Waals surface area contributed by atoms with Crippen LogP contribution in [0.3, 0.4) is 0 Å². The maximum absolute atomic E-state index is 9.44. The highest BCUT2D eigenvalue weighted by Crippen LogP contribution is 2.25. The predicted octanol–water partition coefficient (Wildman–Crippen LogP) is 3.18. The minimum Gasteiger partial charge on any atom is -0.508 e. The molecule has 17 heavy (non-hydrogen) atoms. The molecule has 1 rings (SSSR count). The van der Waals surface area contributed by atoms with Gasteiger partial charge in [-0.3, -0.25) is 0 Å². The first-order valence-corrected chi connectivity index (χ1v) is 6.23. The van der Waals surface area contributed by atoms with Gasteiger partial charge in [-0.25, -0.2) is 0 Å². The summed E-state index contributed by atoms with van der Waals surface area (Å²) in [6, 6.07) is 5.21. The zero-order valence-electron chi connectivity index (χ0n) is 11.1. The van der Waals surface area contributed by atoms with Gasteiger partial charge in [0.15, 0.2) is 0 Å². The van der Waals surface area contributed by atoms with Crippen LogP contribution in [0.1, 0.15) is 45.7 Å². The Bertz CT molecular complexity index is 345. The fourth-order valence-corrected chi connectivity index (χ4v) is 1.88. The number of nitrogens with one attached hydrogen (secondary N) is 1. The van der Waals surface area contributed by atoms with E-state index < -0.39 is 0 Å². The van der Waals surface area contributed by atoms with Crippen LogP contribution in [-0.2, 0) is 0 Å². The largest absolute Gasteiger partial charge is 0.508 e. The molecule has 0 spiro atoms. The van der Waals surface area contributed by atoms with Gasteiger partial charge in [-0.1, -0.05) is 20.3 Å². The molecule has 0 aromatic heterocycles. The number of hydrogen-bond acceptors (Lipinski definition) is 3. The Morgan fingerprint density at radius 1 is 1.06 bits per heavy atom. The zero-order valence-corrected chi connectivity index (χ0v) is 11.1. The van der Waals surface area contributed by atoms with Crippen LogP contribution in [0.15, 0.2) is 18.2 Å². The van der Waals surface area contributed by atoms with E-state index in [1.165, 1.54) is 6.07 Å². The summed E-state index contributed by atoms with van der Waals surface area (Å²) in [4.78, 5) is 0. The molecule has 3 nitrogen and oxygen atoms in total. The van der Waals surface area contributed by atoms with Crippen molar-refractivity contribution in [2.75, 3.05) is 0 Å². The lowest BCUT2D eigenvalue weighted by atomic mass is 9.98. The van der Waals surface area contributed by atoms with Crippen LogP contribution in [-0.4, -0.2) is 16.3 Å². The standard InChI is InChI=1S/C14H23NO2/c1-5-9(2)10(3)15-11(4)12-6-13(16)8-14(17)7-12/h6-11,15-17H,5H2,1-4H3. The molecule has 0 amide bonds. The van der Waals surface area contributed by atoms with Crippen LogP contribution >= 0.6 is 0 Å². The lowest BCUT2D eigenvalue weighted by molar-refractivity contribution is 0.358. The Balaban J connectivity index is 2.72. The normalized spacial score (nSPS) is 16.5. The molecular formula is C14H23NO2. The van der Waals surface area contributed by atoms with E-state index in [0.717, 1.165) is 12.0 Å². The average Bonchev–Trinajstić information content (AvgIpc) is 2.26. The van der Waals surface area contributed by atoms with E-state index >= 15 is 0 Å². The highest BCUT2D eigenvalue weighted by molar-refractivity contribution is 5.37. The van der Waals surface area contributed by atoms with Crippen molar-refractivity contribution in [1.29, 1.82) is 0 Å². The molecule has 0 radical (unpaired) electrons. The van der Waals surface area contributed by atoms with Gasteiger partial charge in [-0.15, -0.1) is 0 Å². The van der Waals surface area contributed by atoms with Crippen molar-refractivity contribution in [2.45, 2.75) is 46.2 Å². The molecule has 3 atom stereocenters. The third-order valence-corrected chi connectivity index (χ3v) is 3.44. The van der Waals surface area contributed by atoms with Crippen molar-refractivity contribution in [3.8, 4) is 11.5 Å². The quantitative estimate of drug-likeness (QED) is 0.737. The van der Waals surface area contributed by atoms with Gasteiger partial charge in [0.25, 0.3) is 0 Å². The van der Waals surface area contributed by atoms with Crippen LogP contribution in [0.2, 0.25) is 0 Å². The molecule has 1 aromatic rings. The Hall–Kier alpha value is -1.22. The van der Waals surface area contributed by atoms with E-state index in [0.29, 0.717) is 12.0 Å². The third kappa shape index (κ3) is 3.93. The summed E-state index contributed by atoms with van der Waals surface area (Å²) < 4.78 is 0. The van der Waals surface area contributed by atoms with Crippen molar-refractivity contribution in [3.63, 3.8) is 0 Å². The second-order valence-electron chi connectivity index (χ2n) is 4.85. The van der Waals surface area contributed by atoms with E-state index in [9.17, 15) is 10.2 Å². The van der Waals surface area contributed by atoms with Crippen molar-refractivity contribution < 1.29 is 10.2 Å². The monoisotopic (exact) mass is 237 g/mol. The van der Waals surface area contributed by atoms with Crippen molar-refractivity contribution in [3.05, 3.63) is 23.8 Å². The molecule has 0 aliphatic heterocycles. The summed E-state index contributed by atoms with van der Waals surface area (Å²) in [5.74, 6) is 0.804. The van der Waals surface area contributed by atoms with Gasteiger partial charge in [0.1, 0.15) is 11.5 Å². The Labute approximate surface area is 103 Å². The van der Waals surface area contributed by atoms with Crippen molar-refractivity contribution in [1.82, 2.24) is 5.32 Å². The maximum atomic E-state index is 9.44. The first-order chi connectivity index (χ1) is 7.93. The van der Waals surface area contributed by atoms with Gasteiger partial charge in [-0.05, 0) is 37.5 Å². The van der Waals surface area contributed by atoms with Gasteiger partial charge in [-0.2, -0.15) is 0 Å². The molecule has 3 heteroatoms. The second kappa shape index (κ2) is 5.92. The molecule has 0 saturated heterocycles. The predicted molar refractivity (Wildman–Crippen MR) is 70.2 cm³/mol. The number of hydrogen-bond donors (Lipinski definition) is 3. The maximum Gasteiger partial charge on any atom is 0.119 e. The smallest absolute Gasteiger partial charge is 0.119 e. The highest BCUT2D eigenvalue weighted by atomic mass is 16.3. The Morgan fingerprint density at radius 3 is 2.06 bits per heavy atom. The van der Waals surface area contributed by atoms with Crippen molar-refractivity contribution >= 4 is 0 Å². The zero-order chi connectivity index (χ0) is 13.0. The van der Waals surface area contributed by atoms with Gasteiger partial charge in [0.2, 0.25) is 0 Å². The summed E-state index contributed by atoms with van der Waals surface area (Å²) in [6.45, 7) is 8.58. The molecule has 3 unspecified atom stereocenters. The van der Waals surface area contributed by atoms with E-state index in [2.05, 4.69) is 26.1 Å². The Kier molecular flexibility index (Phi) is 4.82.